The van der Waals surface area contributed by atoms with Crippen LogP contribution in [0.4, 0.5) is 0 Å². The molecule has 1 aromatic heterocycles. The quantitative estimate of drug-likeness (QED) is 0.101. The maximum atomic E-state index is 12.8. The van der Waals surface area contributed by atoms with Gasteiger partial charge in [-0.2, -0.15) is 5.10 Å². The van der Waals surface area contributed by atoms with Crippen LogP contribution in [-0.4, -0.2) is 16.7 Å². The SMILES string of the molecule is Cc1ccc(-c2ccccc2)n1-c1ccc(C(=O)N/N=C/c2ccc(OCc3cccc4ccccc34)c(I)c2)cc1. The molecular formula is C36H28IN3O2. The van der Waals surface area contributed by atoms with Crippen LogP contribution in [0.3, 0.4) is 0 Å². The first-order valence-corrected chi connectivity index (χ1v) is 14.7. The van der Waals surface area contributed by atoms with Crippen molar-refractivity contribution in [3.05, 3.63) is 153 Å². The fraction of sp³-hybridized carbons (Fsp3) is 0.0556. The van der Waals surface area contributed by atoms with Gasteiger partial charge < -0.3 is 9.30 Å². The largest absolute Gasteiger partial charge is 0.488 e. The summed E-state index contributed by atoms with van der Waals surface area (Å²) in [5.74, 6) is 0.535. The average Bonchev–Trinajstić information content (AvgIpc) is 3.42. The number of rotatable bonds is 8. The van der Waals surface area contributed by atoms with E-state index >= 15 is 0 Å². The molecule has 6 heteroatoms. The number of nitrogens with zero attached hydrogens (tertiary/aromatic N) is 2. The minimum Gasteiger partial charge on any atom is -0.488 e. The molecule has 6 rings (SSSR count). The molecule has 0 atom stereocenters. The second kappa shape index (κ2) is 12.4. The molecule has 0 aliphatic heterocycles. The van der Waals surface area contributed by atoms with E-state index < -0.39 is 0 Å². The monoisotopic (exact) mass is 661 g/mol. The molecule has 206 valence electrons. The Kier molecular flexibility index (Phi) is 8.14. The van der Waals surface area contributed by atoms with Crippen LogP contribution >= 0.6 is 22.6 Å². The molecule has 1 N–H and O–H groups in total. The van der Waals surface area contributed by atoms with Crippen LogP contribution in [-0.2, 0) is 6.61 Å². The number of hydrogen-bond acceptors (Lipinski definition) is 3. The molecule has 0 aliphatic rings. The molecule has 0 radical (unpaired) electrons. The molecule has 6 aromatic rings. The number of carbonyl (C=O) groups excluding carboxylic acids is 1. The number of nitrogens with one attached hydrogen (secondary N) is 1. The fourth-order valence-corrected chi connectivity index (χ4v) is 5.69. The third kappa shape index (κ3) is 5.99. The maximum absolute atomic E-state index is 12.8. The second-order valence-electron chi connectivity index (χ2n) is 9.92. The van der Waals surface area contributed by atoms with Gasteiger partial charge in [0.1, 0.15) is 12.4 Å². The molecule has 0 spiro atoms. The third-order valence-electron chi connectivity index (χ3n) is 7.13. The summed E-state index contributed by atoms with van der Waals surface area (Å²) in [7, 11) is 0. The van der Waals surface area contributed by atoms with Crippen molar-refractivity contribution < 1.29 is 9.53 Å². The normalized spacial score (nSPS) is 11.2. The standard InChI is InChI=1S/C36H28IN3O2/c1-25-14-20-34(28-9-3-2-4-10-28)40(25)31-18-16-29(17-19-31)36(41)39-38-23-26-15-21-35(33(37)22-26)42-24-30-12-7-11-27-8-5-6-13-32(27)30/h2-23H,24H2,1H3,(H,39,41)/b38-23+. The molecule has 5 aromatic carbocycles. The van der Waals surface area contributed by atoms with Gasteiger partial charge in [0.05, 0.1) is 15.5 Å². The molecule has 1 heterocycles. The van der Waals surface area contributed by atoms with Crippen molar-refractivity contribution in [2.24, 2.45) is 5.10 Å². The van der Waals surface area contributed by atoms with Crippen LogP contribution in [0.1, 0.15) is 27.2 Å². The first-order valence-electron chi connectivity index (χ1n) is 13.6. The number of hydrazone groups is 1. The minimum absolute atomic E-state index is 0.268. The molecule has 5 nitrogen and oxygen atoms in total. The zero-order valence-electron chi connectivity index (χ0n) is 23.0. The summed E-state index contributed by atoms with van der Waals surface area (Å²) in [4.78, 5) is 12.8. The van der Waals surface area contributed by atoms with E-state index in [2.05, 4.69) is 99.2 Å². The topological polar surface area (TPSA) is 55.6 Å². The fourth-order valence-electron chi connectivity index (χ4n) is 5.00. The molecule has 0 fully saturated rings. The highest BCUT2D eigenvalue weighted by Crippen LogP contribution is 2.27. The van der Waals surface area contributed by atoms with Gasteiger partial charge in [0, 0.05) is 16.9 Å². The lowest BCUT2D eigenvalue weighted by atomic mass is 10.1. The van der Waals surface area contributed by atoms with Crippen molar-refractivity contribution >= 4 is 45.5 Å². The maximum Gasteiger partial charge on any atom is 0.271 e. The second-order valence-corrected chi connectivity index (χ2v) is 11.1. The van der Waals surface area contributed by atoms with Gasteiger partial charge in [-0.05, 0) is 112 Å². The van der Waals surface area contributed by atoms with Gasteiger partial charge in [0.25, 0.3) is 5.91 Å². The molecule has 0 unspecified atom stereocenters. The van der Waals surface area contributed by atoms with Crippen LogP contribution in [0.2, 0.25) is 0 Å². The van der Waals surface area contributed by atoms with Gasteiger partial charge in [-0.3, -0.25) is 4.79 Å². The van der Waals surface area contributed by atoms with Crippen molar-refractivity contribution in [1.82, 2.24) is 9.99 Å². The highest BCUT2D eigenvalue weighted by atomic mass is 127. The van der Waals surface area contributed by atoms with Gasteiger partial charge in [0.15, 0.2) is 0 Å². The lowest BCUT2D eigenvalue weighted by Crippen LogP contribution is -2.17. The van der Waals surface area contributed by atoms with Gasteiger partial charge in [-0.25, -0.2) is 5.43 Å². The summed E-state index contributed by atoms with van der Waals surface area (Å²) in [6.07, 6.45) is 1.64. The predicted octanol–water partition coefficient (Wildman–Crippen LogP) is 8.55. The van der Waals surface area contributed by atoms with Gasteiger partial charge in [-0.15, -0.1) is 0 Å². The van der Waals surface area contributed by atoms with E-state index in [1.807, 2.05) is 72.8 Å². The number of amides is 1. The Morgan fingerprint density at radius 1 is 0.857 bits per heavy atom. The van der Waals surface area contributed by atoms with Crippen molar-refractivity contribution in [2.45, 2.75) is 13.5 Å². The van der Waals surface area contributed by atoms with Gasteiger partial charge in [0.2, 0.25) is 0 Å². The van der Waals surface area contributed by atoms with Crippen molar-refractivity contribution in [1.29, 1.82) is 0 Å². The van der Waals surface area contributed by atoms with E-state index in [0.29, 0.717) is 12.2 Å². The Labute approximate surface area is 258 Å². The van der Waals surface area contributed by atoms with E-state index in [1.54, 1.807) is 6.21 Å². The summed E-state index contributed by atoms with van der Waals surface area (Å²) >= 11 is 2.26. The van der Waals surface area contributed by atoms with E-state index in [0.717, 1.165) is 43.1 Å². The first-order chi connectivity index (χ1) is 20.6. The summed E-state index contributed by atoms with van der Waals surface area (Å²) < 4.78 is 9.29. The van der Waals surface area contributed by atoms with Crippen LogP contribution in [0.15, 0.2) is 132 Å². The number of carbonyl (C=O) groups is 1. The van der Waals surface area contributed by atoms with E-state index in [4.69, 9.17) is 4.74 Å². The Bertz CT molecular complexity index is 1890. The van der Waals surface area contributed by atoms with Crippen molar-refractivity contribution in [2.75, 3.05) is 0 Å². The molecule has 42 heavy (non-hydrogen) atoms. The van der Waals surface area contributed by atoms with E-state index in [9.17, 15) is 4.79 Å². The number of halogens is 1. The number of aromatic nitrogens is 1. The van der Waals surface area contributed by atoms with Gasteiger partial charge >= 0.3 is 0 Å². The molecule has 1 amide bonds. The third-order valence-corrected chi connectivity index (χ3v) is 7.98. The Morgan fingerprint density at radius 2 is 1.62 bits per heavy atom. The Hall–Kier alpha value is -4.69. The predicted molar refractivity (Wildman–Crippen MR) is 178 cm³/mol. The molecule has 0 saturated heterocycles. The smallest absolute Gasteiger partial charge is 0.271 e. The van der Waals surface area contributed by atoms with Crippen LogP contribution in [0, 0.1) is 10.5 Å². The lowest BCUT2D eigenvalue weighted by Gasteiger charge is -2.12. The summed E-state index contributed by atoms with van der Waals surface area (Å²) in [6.45, 7) is 2.56. The number of aryl methyl sites for hydroxylation is 1. The first kappa shape index (κ1) is 27.5. The van der Waals surface area contributed by atoms with Crippen LogP contribution < -0.4 is 10.2 Å². The minimum atomic E-state index is -0.268. The lowest BCUT2D eigenvalue weighted by molar-refractivity contribution is 0.0955. The van der Waals surface area contributed by atoms with Gasteiger partial charge in [-0.1, -0.05) is 72.8 Å². The Morgan fingerprint density at radius 3 is 2.43 bits per heavy atom. The number of fused-ring (bicyclic) bond motifs is 1. The Balaban J connectivity index is 1.08. The highest BCUT2D eigenvalue weighted by molar-refractivity contribution is 14.1. The number of hydrogen-bond donors (Lipinski definition) is 1. The van der Waals surface area contributed by atoms with E-state index in [1.165, 1.54) is 10.8 Å². The number of ether oxygens (including phenoxy) is 1. The van der Waals surface area contributed by atoms with Crippen molar-refractivity contribution in [3.8, 4) is 22.7 Å². The summed E-state index contributed by atoms with van der Waals surface area (Å²) in [5.41, 5.74) is 9.54. The van der Waals surface area contributed by atoms with Crippen LogP contribution in [0.5, 0.6) is 5.75 Å². The molecule has 0 aliphatic carbocycles. The molecule has 0 saturated carbocycles. The molecular weight excluding hydrogens is 633 g/mol. The zero-order chi connectivity index (χ0) is 28.9. The average molecular weight is 662 g/mol. The van der Waals surface area contributed by atoms with Crippen molar-refractivity contribution in [3.63, 3.8) is 0 Å². The highest BCUT2D eigenvalue weighted by Gasteiger charge is 2.11. The summed E-state index contributed by atoms with van der Waals surface area (Å²) in [6, 6.07) is 42.4. The van der Waals surface area contributed by atoms with Crippen LogP contribution in [0.25, 0.3) is 27.7 Å². The summed E-state index contributed by atoms with van der Waals surface area (Å²) in [5, 5.41) is 6.58. The van der Waals surface area contributed by atoms with E-state index in [-0.39, 0.29) is 5.91 Å². The number of benzene rings is 5. The zero-order valence-corrected chi connectivity index (χ0v) is 25.2. The molecule has 0 bridgehead atoms.